The fourth-order valence-corrected chi connectivity index (χ4v) is 3.32. The van der Waals surface area contributed by atoms with E-state index in [1.807, 2.05) is 30.3 Å². The van der Waals surface area contributed by atoms with Gasteiger partial charge in [-0.05, 0) is 30.5 Å². The lowest BCUT2D eigenvalue weighted by Crippen LogP contribution is -2.40. The van der Waals surface area contributed by atoms with Crippen molar-refractivity contribution in [2.45, 2.75) is 31.0 Å². The van der Waals surface area contributed by atoms with Gasteiger partial charge < -0.3 is 4.90 Å². The van der Waals surface area contributed by atoms with Gasteiger partial charge in [-0.2, -0.15) is 13.2 Å². The first-order chi connectivity index (χ1) is 13.9. The zero-order valence-corrected chi connectivity index (χ0v) is 15.7. The minimum Gasteiger partial charge on any atom is -0.323 e. The van der Waals surface area contributed by atoms with Gasteiger partial charge in [0.05, 0.1) is 5.69 Å². The van der Waals surface area contributed by atoms with E-state index in [2.05, 4.69) is 10.1 Å². The van der Waals surface area contributed by atoms with Gasteiger partial charge in [-0.15, -0.1) is 5.10 Å². The summed E-state index contributed by atoms with van der Waals surface area (Å²) in [5.74, 6) is -0.325. The number of benzene rings is 2. The quantitative estimate of drug-likeness (QED) is 0.633. The number of halogens is 3. The molecule has 4 rings (SSSR count). The molecule has 1 atom stereocenters. The van der Waals surface area contributed by atoms with Gasteiger partial charge in [0.25, 0.3) is 5.91 Å². The molecule has 1 unspecified atom stereocenters. The van der Waals surface area contributed by atoms with E-state index in [1.165, 1.54) is 24.3 Å². The molecule has 0 radical (unpaired) electrons. The third-order valence-electron chi connectivity index (χ3n) is 4.90. The maximum absolute atomic E-state index is 13.8. The molecular formula is C21H19F3N4O. The van der Waals surface area contributed by atoms with Crippen LogP contribution in [0.25, 0.3) is 5.69 Å². The number of para-hydroxylation sites is 1. The zero-order valence-electron chi connectivity index (χ0n) is 15.7. The van der Waals surface area contributed by atoms with Crippen LogP contribution < -0.4 is 0 Å². The molecule has 1 heterocycles. The van der Waals surface area contributed by atoms with Crippen LogP contribution in [0.3, 0.4) is 0 Å². The summed E-state index contributed by atoms with van der Waals surface area (Å²) >= 11 is 0. The molecule has 0 spiro atoms. The van der Waals surface area contributed by atoms with E-state index in [-0.39, 0.29) is 17.3 Å². The average Bonchev–Trinajstić information content (AvgIpc) is 3.46. The number of hydrogen-bond acceptors (Lipinski definition) is 3. The van der Waals surface area contributed by atoms with Gasteiger partial charge in [0, 0.05) is 13.0 Å². The molecule has 1 aliphatic carbocycles. The molecule has 0 aliphatic heterocycles. The second-order valence-corrected chi connectivity index (χ2v) is 7.09. The molecule has 1 fully saturated rings. The third-order valence-corrected chi connectivity index (χ3v) is 4.90. The normalized spacial score (nSPS) is 15.2. The van der Waals surface area contributed by atoms with Crippen LogP contribution in [0.2, 0.25) is 0 Å². The zero-order chi connectivity index (χ0) is 20.6. The second-order valence-electron chi connectivity index (χ2n) is 7.09. The van der Waals surface area contributed by atoms with Crippen molar-refractivity contribution < 1.29 is 18.0 Å². The first kappa shape index (κ1) is 19.2. The highest BCUT2D eigenvalue weighted by Crippen LogP contribution is 2.40. The number of rotatable bonds is 5. The Morgan fingerprint density at radius 1 is 1.07 bits per heavy atom. The van der Waals surface area contributed by atoms with Crippen LogP contribution in [0.5, 0.6) is 0 Å². The Kier molecular flexibility index (Phi) is 4.86. The van der Waals surface area contributed by atoms with Crippen LogP contribution in [0.4, 0.5) is 13.2 Å². The summed E-state index contributed by atoms with van der Waals surface area (Å²) in [5, 5.41) is 4.27. The topological polar surface area (TPSA) is 51.0 Å². The van der Waals surface area contributed by atoms with Crippen molar-refractivity contribution in [3.05, 3.63) is 77.9 Å². The lowest BCUT2D eigenvalue weighted by Gasteiger charge is -2.29. The summed E-state index contributed by atoms with van der Waals surface area (Å²) < 4.78 is 42.9. The van der Waals surface area contributed by atoms with Crippen LogP contribution >= 0.6 is 0 Å². The summed E-state index contributed by atoms with van der Waals surface area (Å²) in [5.41, 5.74) is 0.708. The maximum Gasteiger partial charge on any atom is 0.413 e. The molecule has 3 aromatic rings. The van der Waals surface area contributed by atoms with Crippen molar-refractivity contribution in [3.63, 3.8) is 0 Å². The Morgan fingerprint density at radius 2 is 1.66 bits per heavy atom. The summed E-state index contributed by atoms with van der Waals surface area (Å²) in [6.07, 6.45) is -2.79. The fraction of sp³-hybridized carbons (Fsp3) is 0.286. The van der Waals surface area contributed by atoms with E-state index in [1.54, 1.807) is 10.7 Å². The number of carbonyl (C=O) groups is 1. The highest BCUT2D eigenvalue weighted by molar-refractivity contribution is 5.90. The number of alkyl halides is 3. The molecule has 8 heteroatoms. The van der Waals surface area contributed by atoms with Crippen molar-refractivity contribution in [2.24, 2.45) is 0 Å². The maximum atomic E-state index is 13.8. The van der Waals surface area contributed by atoms with Crippen LogP contribution in [-0.2, 0) is 0 Å². The van der Waals surface area contributed by atoms with E-state index in [9.17, 15) is 18.0 Å². The Labute approximate surface area is 165 Å². The molecule has 1 amide bonds. The van der Waals surface area contributed by atoms with Gasteiger partial charge in [-0.1, -0.05) is 48.5 Å². The molecule has 0 saturated heterocycles. The van der Waals surface area contributed by atoms with E-state index in [4.69, 9.17) is 0 Å². The minimum atomic E-state index is -4.63. The largest absolute Gasteiger partial charge is 0.413 e. The Balaban J connectivity index is 1.70. The Bertz CT molecular complexity index is 998. The summed E-state index contributed by atoms with van der Waals surface area (Å²) in [7, 11) is 1.13. The fourth-order valence-electron chi connectivity index (χ4n) is 3.32. The molecule has 0 N–H and O–H groups in total. The van der Waals surface area contributed by atoms with Crippen LogP contribution in [0.1, 0.15) is 46.8 Å². The highest BCUT2D eigenvalue weighted by atomic mass is 19.4. The molecule has 150 valence electrons. The van der Waals surface area contributed by atoms with Crippen LogP contribution in [0.15, 0.2) is 60.7 Å². The van der Waals surface area contributed by atoms with Crippen molar-refractivity contribution in [3.8, 4) is 5.69 Å². The predicted octanol–water partition coefficient (Wildman–Crippen LogP) is 4.52. The lowest BCUT2D eigenvalue weighted by atomic mass is 10.1. The Morgan fingerprint density at radius 3 is 2.21 bits per heavy atom. The third kappa shape index (κ3) is 3.87. The smallest absolute Gasteiger partial charge is 0.323 e. The molecule has 0 bridgehead atoms. The molecule has 1 aromatic heterocycles. The first-order valence-electron chi connectivity index (χ1n) is 9.27. The number of hydrogen-bond donors (Lipinski definition) is 0. The van der Waals surface area contributed by atoms with Crippen LogP contribution in [-0.4, -0.2) is 38.8 Å². The monoisotopic (exact) mass is 400 g/mol. The van der Waals surface area contributed by atoms with E-state index < -0.39 is 18.1 Å². The van der Waals surface area contributed by atoms with Gasteiger partial charge in [-0.25, -0.2) is 9.67 Å². The second kappa shape index (κ2) is 7.35. The molecule has 1 saturated carbocycles. The van der Waals surface area contributed by atoms with E-state index in [0.717, 1.165) is 25.6 Å². The Hall–Kier alpha value is -3.16. The average molecular weight is 400 g/mol. The summed E-state index contributed by atoms with van der Waals surface area (Å²) in [6, 6.07) is 14.4. The SMILES string of the molecule is CN(C(=O)c1nc(C2CC2)n(-c2ccccc2)n1)C(c1ccccc1)C(F)(F)F. The lowest BCUT2D eigenvalue weighted by molar-refractivity contribution is -0.176. The van der Waals surface area contributed by atoms with Crippen molar-refractivity contribution in [1.29, 1.82) is 0 Å². The first-order valence-corrected chi connectivity index (χ1v) is 9.27. The van der Waals surface area contributed by atoms with Gasteiger partial charge >= 0.3 is 6.18 Å². The minimum absolute atomic E-state index is 0.0132. The van der Waals surface area contributed by atoms with Crippen molar-refractivity contribution in [1.82, 2.24) is 19.7 Å². The highest BCUT2D eigenvalue weighted by Gasteiger charge is 2.46. The molecule has 29 heavy (non-hydrogen) atoms. The standard InChI is InChI=1S/C21H19F3N4O/c1-27(17(21(22,23)24)14-8-4-2-5-9-14)20(29)18-25-19(15-12-13-15)28(26-18)16-10-6-3-7-11-16/h2-11,15,17H,12-13H2,1H3. The van der Waals surface area contributed by atoms with E-state index >= 15 is 0 Å². The summed E-state index contributed by atoms with van der Waals surface area (Å²) in [4.78, 5) is 17.9. The van der Waals surface area contributed by atoms with Crippen molar-refractivity contribution >= 4 is 5.91 Å². The van der Waals surface area contributed by atoms with Gasteiger partial charge in [0.1, 0.15) is 5.82 Å². The van der Waals surface area contributed by atoms with E-state index in [0.29, 0.717) is 10.7 Å². The van der Waals surface area contributed by atoms with Crippen molar-refractivity contribution in [2.75, 3.05) is 7.05 Å². The van der Waals surface area contributed by atoms with Gasteiger partial charge in [0.15, 0.2) is 6.04 Å². The van der Waals surface area contributed by atoms with Gasteiger partial charge in [0.2, 0.25) is 5.82 Å². The molecule has 5 nitrogen and oxygen atoms in total. The number of amides is 1. The van der Waals surface area contributed by atoms with Crippen LogP contribution in [0, 0.1) is 0 Å². The number of nitrogens with zero attached hydrogens (tertiary/aromatic N) is 4. The molecular weight excluding hydrogens is 381 g/mol. The predicted molar refractivity (Wildman–Crippen MR) is 101 cm³/mol. The molecule has 1 aliphatic rings. The number of aromatic nitrogens is 3. The number of carbonyl (C=O) groups excluding carboxylic acids is 1. The summed E-state index contributed by atoms with van der Waals surface area (Å²) in [6.45, 7) is 0. The van der Waals surface area contributed by atoms with Gasteiger partial charge in [-0.3, -0.25) is 4.79 Å². The molecule has 2 aromatic carbocycles.